The van der Waals surface area contributed by atoms with E-state index in [9.17, 15) is 5.11 Å². The van der Waals surface area contributed by atoms with E-state index in [-0.39, 0.29) is 6.61 Å². The Morgan fingerprint density at radius 3 is 2.53 bits per heavy atom. The molecule has 1 aromatic rings. The SMILES string of the molecule is OCC1CC(NC[C@H](O)c2ccc(Br)cc2)C1. The second-order valence-corrected chi connectivity index (χ2v) is 5.61. The molecule has 0 bridgehead atoms. The average Bonchev–Trinajstić information content (AvgIpc) is 2.28. The minimum Gasteiger partial charge on any atom is -0.396 e. The maximum Gasteiger partial charge on any atom is 0.0914 e. The van der Waals surface area contributed by atoms with Crippen molar-refractivity contribution in [1.29, 1.82) is 0 Å². The van der Waals surface area contributed by atoms with Crippen molar-refractivity contribution in [2.75, 3.05) is 13.2 Å². The van der Waals surface area contributed by atoms with Crippen molar-refractivity contribution in [2.24, 2.45) is 5.92 Å². The lowest BCUT2D eigenvalue weighted by molar-refractivity contribution is 0.109. The largest absolute Gasteiger partial charge is 0.396 e. The van der Waals surface area contributed by atoms with Crippen molar-refractivity contribution in [2.45, 2.75) is 25.0 Å². The molecule has 94 valence electrons. The van der Waals surface area contributed by atoms with Crippen molar-refractivity contribution < 1.29 is 10.2 Å². The summed E-state index contributed by atoms with van der Waals surface area (Å²) in [6.07, 6.45) is 1.57. The number of hydrogen-bond acceptors (Lipinski definition) is 3. The van der Waals surface area contributed by atoms with Gasteiger partial charge in [-0.25, -0.2) is 0 Å². The molecule has 1 aliphatic carbocycles. The number of rotatable bonds is 5. The Balaban J connectivity index is 1.74. The van der Waals surface area contributed by atoms with E-state index in [4.69, 9.17) is 5.11 Å². The molecule has 1 aliphatic rings. The van der Waals surface area contributed by atoms with Crippen LogP contribution in [0.25, 0.3) is 0 Å². The van der Waals surface area contributed by atoms with Gasteiger partial charge < -0.3 is 15.5 Å². The summed E-state index contributed by atoms with van der Waals surface area (Å²) in [6.45, 7) is 0.859. The first-order valence-corrected chi connectivity index (χ1v) is 6.76. The van der Waals surface area contributed by atoms with Gasteiger partial charge in [0.25, 0.3) is 0 Å². The van der Waals surface area contributed by atoms with Crippen LogP contribution < -0.4 is 5.32 Å². The van der Waals surface area contributed by atoms with E-state index in [1.165, 1.54) is 0 Å². The van der Waals surface area contributed by atoms with Gasteiger partial charge in [0.05, 0.1) is 6.10 Å². The lowest BCUT2D eigenvalue weighted by Gasteiger charge is -2.35. The summed E-state index contributed by atoms with van der Waals surface area (Å²) < 4.78 is 1.02. The Hall–Kier alpha value is -0.420. The molecule has 1 aromatic carbocycles. The molecule has 2 rings (SSSR count). The summed E-state index contributed by atoms with van der Waals surface area (Å²) in [5, 5.41) is 22.2. The third kappa shape index (κ3) is 3.52. The molecular formula is C13H18BrNO2. The number of halogens is 1. The molecule has 0 amide bonds. The molecule has 17 heavy (non-hydrogen) atoms. The van der Waals surface area contributed by atoms with Crippen molar-refractivity contribution in [3.63, 3.8) is 0 Å². The van der Waals surface area contributed by atoms with Gasteiger partial charge in [0, 0.05) is 23.7 Å². The predicted octanol–water partition coefficient (Wildman–Crippen LogP) is 1.84. The summed E-state index contributed by atoms with van der Waals surface area (Å²) in [6, 6.07) is 8.17. The van der Waals surface area contributed by atoms with Gasteiger partial charge in [-0.2, -0.15) is 0 Å². The fourth-order valence-electron chi connectivity index (χ4n) is 2.13. The van der Waals surface area contributed by atoms with E-state index in [2.05, 4.69) is 21.2 Å². The van der Waals surface area contributed by atoms with Gasteiger partial charge in [0.15, 0.2) is 0 Å². The molecule has 0 saturated heterocycles. The van der Waals surface area contributed by atoms with E-state index >= 15 is 0 Å². The lowest BCUT2D eigenvalue weighted by Crippen LogP contribution is -2.43. The van der Waals surface area contributed by atoms with E-state index in [0.717, 1.165) is 22.9 Å². The third-order valence-corrected chi connectivity index (χ3v) is 3.88. The normalized spacial score (nSPS) is 25.4. The van der Waals surface area contributed by atoms with Crippen molar-refractivity contribution in [1.82, 2.24) is 5.32 Å². The highest BCUT2D eigenvalue weighted by Gasteiger charge is 2.28. The van der Waals surface area contributed by atoms with Crippen molar-refractivity contribution in [3.8, 4) is 0 Å². The molecule has 0 heterocycles. The van der Waals surface area contributed by atoms with Gasteiger partial charge >= 0.3 is 0 Å². The van der Waals surface area contributed by atoms with Crippen LogP contribution in [0.4, 0.5) is 0 Å². The first-order valence-electron chi connectivity index (χ1n) is 5.97. The van der Waals surface area contributed by atoms with E-state index in [0.29, 0.717) is 18.5 Å². The molecule has 1 saturated carbocycles. The Kier molecular flexibility index (Phi) is 4.56. The van der Waals surface area contributed by atoms with E-state index in [1.54, 1.807) is 0 Å². The molecule has 0 aliphatic heterocycles. The second-order valence-electron chi connectivity index (χ2n) is 4.69. The van der Waals surface area contributed by atoms with Gasteiger partial charge in [0.2, 0.25) is 0 Å². The molecule has 4 heteroatoms. The molecule has 1 atom stereocenters. The van der Waals surface area contributed by atoms with Gasteiger partial charge in [0.1, 0.15) is 0 Å². The monoisotopic (exact) mass is 299 g/mol. The number of aliphatic hydroxyl groups is 2. The van der Waals surface area contributed by atoms with Crippen LogP contribution >= 0.6 is 15.9 Å². The van der Waals surface area contributed by atoms with E-state index in [1.807, 2.05) is 24.3 Å². The molecule has 3 N–H and O–H groups in total. The van der Waals surface area contributed by atoms with Crippen LogP contribution in [0.15, 0.2) is 28.7 Å². The first kappa shape index (κ1) is 13.0. The molecular weight excluding hydrogens is 282 g/mol. The average molecular weight is 300 g/mol. The van der Waals surface area contributed by atoms with Gasteiger partial charge in [-0.15, -0.1) is 0 Å². The molecule has 0 spiro atoms. The summed E-state index contributed by atoms with van der Waals surface area (Å²) in [5.41, 5.74) is 0.929. The number of nitrogens with one attached hydrogen (secondary N) is 1. The van der Waals surface area contributed by atoms with Crippen LogP contribution in [-0.4, -0.2) is 29.4 Å². The van der Waals surface area contributed by atoms with Crippen molar-refractivity contribution >= 4 is 15.9 Å². The van der Waals surface area contributed by atoms with E-state index < -0.39 is 6.10 Å². The molecule has 0 radical (unpaired) electrons. The fraction of sp³-hybridized carbons (Fsp3) is 0.538. The Bertz CT molecular complexity index is 349. The highest BCUT2D eigenvalue weighted by atomic mass is 79.9. The van der Waals surface area contributed by atoms with Crippen LogP contribution in [0, 0.1) is 5.92 Å². The minimum atomic E-state index is -0.462. The predicted molar refractivity (Wildman–Crippen MR) is 70.7 cm³/mol. The number of hydrogen-bond donors (Lipinski definition) is 3. The molecule has 3 nitrogen and oxygen atoms in total. The Labute approximate surface area is 110 Å². The summed E-state index contributed by atoms with van der Waals surface area (Å²) in [5.74, 6) is 0.456. The van der Waals surface area contributed by atoms with Crippen LogP contribution in [0.2, 0.25) is 0 Å². The standard InChI is InChI=1S/C13H18BrNO2/c14-11-3-1-10(2-4-11)13(17)7-15-12-5-9(6-12)8-16/h1-4,9,12-13,15-17H,5-8H2/t9?,12?,13-/m0/s1. The molecule has 1 fully saturated rings. The smallest absolute Gasteiger partial charge is 0.0914 e. The van der Waals surface area contributed by atoms with Crippen molar-refractivity contribution in [3.05, 3.63) is 34.3 Å². The summed E-state index contributed by atoms with van der Waals surface area (Å²) in [4.78, 5) is 0. The van der Waals surface area contributed by atoms with Crippen LogP contribution in [0.5, 0.6) is 0 Å². The summed E-state index contributed by atoms with van der Waals surface area (Å²) >= 11 is 3.37. The highest BCUT2D eigenvalue weighted by molar-refractivity contribution is 9.10. The number of benzene rings is 1. The quantitative estimate of drug-likeness (QED) is 0.778. The topological polar surface area (TPSA) is 52.5 Å². The second kappa shape index (κ2) is 5.96. The highest BCUT2D eigenvalue weighted by Crippen LogP contribution is 2.27. The molecule has 0 aromatic heterocycles. The van der Waals surface area contributed by atoms with Gasteiger partial charge in [-0.05, 0) is 36.5 Å². The lowest BCUT2D eigenvalue weighted by atomic mass is 9.81. The minimum absolute atomic E-state index is 0.285. The zero-order valence-corrected chi connectivity index (χ0v) is 11.2. The van der Waals surface area contributed by atoms with Gasteiger partial charge in [-0.3, -0.25) is 0 Å². The van der Waals surface area contributed by atoms with Gasteiger partial charge in [-0.1, -0.05) is 28.1 Å². The van der Waals surface area contributed by atoms with Crippen LogP contribution in [0.3, 0.4) is 0 Å². The van der Waals surface area contributed by atoms with Crippen LogP contribution in [0.1, 0.15) is 24.5 Å². The summed E-state index contributed by atoms with van der Waals surface area (Å²) in [7, 11) is 0. The maximum atomic E-state index is 9.98. The maximum absolute atomic E-state index is 9.98. The Morgan fingerprint density at radius 1 is 1.29 bits per heavy atom. The molecule has 0 unspecified atom stereocenters. The first-order chi connectivity index (χ1) is 8.19. The number of aliphatic hydroxyl groups excluding tert-OH is 2. The fourth-order valence-corrected chi connectivity index (χ4v) is 2.40. The zero-order chi connectivity index (χ0) is 12.3. The Morgan fingerprint density at radius 2 is 1.94 bits per heavy atom. The third-order valence-electron chi connectivity index (χ3n) is 3.35. The zero-order valence-electron chi connectivity index (χ0n) is 9.64. The van der Waals surface area contributed by atoms with Crippen LogP contribution in [-0.2, 0) is 0 Å².